The van der Waals surface area contributed by atoms with Crippen molar-refractivity contribution >= 4 is 45.0 Å². The van der Waals surface area contributed by atoms with Gasteiger partial charge < -0.3 is 5.32 Å². The average molecular weight is 439 g/mol. The molecule has 0 aliphatic carbocycles. The second-order valence-electron chi connectivity index (χ2n) is 5.71. The SMILES string of the molecule is Cc1ccc(Cl)cc1-n1nnnc1SCC(=O)Nc1ccc(S(N)(=O)=O)cc1. The summed E-state index contributed by atoms with van der Waals surface area (Å²) >= 11 is 7.20. The van der Waals surface area contributed by atoms with Gasteiger partial charge in [0.2, 0.25) is 21.1 Å². The van der Waals surface area contributed by atoms with Crippen molar-refractivity contribution in [2.45, 2.75) is 17.0 Å². The third-order valence-corrected chi connectivity index (χ3v) is 5.72. The van der Waals surface area contributed by atoms with Gasteiger partial charge in [0.15, 0.2) is 0 Å². The molecule has 28 heavy (non-hydrogen) atoms. The molecule has 12 heteroatoms. The highest BCUT2D eigenvalue weighted by Crippen LogP contribution is 2.23. The monoisotopic (exact) mass is 438 g/mol. The van der Waals surface area contributed by atoms with E-state index in [4.69, 9.17) is 16.7 Å². The number of rotatable bonds is 6. The summed E-state index contributed by atoms with van der Waals surface area (Å²) < 4.78 is 24.0. The molecular weight excluding hydrogens is 424 g/mol. The lowest BCUT2D eigenvalue weighted by atomic mass is 10.2. The van der Waals surface area contributed by atoms with Crippen molar-refractivity contribution in [1.82, 2.24) is 20.2 Å². The molecule has 3 aromatic rings. The van der Waals surface area contributed by atoms with E-state index in [2.05, 4.69) is 20.8 Å². The van der Waals surface area contributed by atoms with Gasteiger partial charge in [-0.2, -0.15) is 4.68 Å². The number of amides is 1. The maximum Gasteiger partial charge on any atom is 0.238 e. The zero-order valence-corrected chi connectivity index (χ0v) is 16.9. The van der Waals surface area contributed by atoms with Crippen molar-refractivity contribution in [3.63, 3.8) is 0 Å². The molecule has 0 bridgehead atoms. The number of sulfonamides is 1. The molecule has 0 spiro atoms. The molecule has 3 rings (SSSR count). The molecule has 0 radical (unpaired) electrons. The smallest absolute Gasteiger partial charge is 0.238 e. The number of aryl methyl sites for hydroxylation is 1. The van der Waals surface area contributed by atoms with E-state index in [0.717, 1.165) is 23.0 Å². The Morgan fingerprint density at radius 3 is 2.64 bits per heavy atom. The van der Waals surface area contributed by atoms with Gasteiger partial charge in [-0.1, -0.05) is 29.4 Å². The van der Waals surface area contributed by atoms with E-state index in [-0.39, 0.29) is 16.6 Å². The molecule has 146 valence electrons. The molecule has 1 heterocycles. The van der Waals surface area contributed by atoms with E-state index in [1.807, 2.05) is 13.0 Å². The molecule has 0 fully saturated rings. The fourth-order valence-electron chi connectivity index (χ4n) is 2.29. The number of aromatic nitrogens is 4. The minimum absolute atomic E-state index is 0.0315. The van der Waals surface area contributed by atoms with E-state index < -0.39 is 10.0 Å². The topological polar surface area (TPSA) is 133 Å². The zero-order chi connectivity index (χ0) is 20.3. The predicted octanol–water partition coefficient (Wildman–Crippen LogP) is 2.00. The molecule has 9 nitrogen and oxygen atoms in total. The Labute approximate surface area is 170 Å². The van der Waals surface area contributed by atoms with Crippen LogP contribution in [0, 0.1) is 6.92 Å². The quantitative estimate of drug-likeness (QED) is 0.562. The molecular formula is C16H15ClN6O3S2. The number of hydrogen-bond donors (Lipinski definition) is 2. The molecule has 0 saturated carbocycles. The molecule has 0 saturated heterocycles. The lowest BCUT2D eigenvalue weighted by Crippen LogP contribution is -2.15. The minimum Gasteiger partial charge on any atom is -0.325 e. The molecule has 0 atom stereocenters. The van der Waals surface area contributed by atoms with Gasteiger partial charge in [0.1, 0.15) is 0 Å². The third-order valence-electron chi connectivity index (χ3n) is 3.64. The highest BCUT2D eigenvalue weighted by molar-refractivity contribution is 7.99. The first-order valence-electron chi connectivity index (χ1n) is 7.84. The number of nitrogens with one attached hydrogen (secondary N) is 1. The summed E-state index contributed by atoms with van der Waals surface area (Å²) in [5.41, 5.74) is 2.10. The number of halogens is 1. The number of carbonyl (C=O) groups is 1. The maximum atomic E-state index is 12.2. The summed E-state index contributed by atoms with van der Waals surface area (Å²) in [5.74, 6) is -0.248. The summed E-state index contributed by atoms with van der Waals surface area (Å²) in [7, 11) is -3.78. The number of thioether (sulfide) groups is 1. The summed E-state index contributed by atoms with van der Waals surface area (Å²) in [5, 5.41) is 20.3. The number of carbonyl (C=O) groups excluding carboxylic acids is 1. The van der Waals surface area contributed by atoms with Crippen LogP contribution in [-0.4, -0.2) is 40.3 Å². The molecule has 3 N–H and O–H groups in total. The normalized spacial score (nSPS) is 11.4. The first kappa shape index (κ1) is 20.3. The average Bonchev–Trinajstić information content (AvgIpc) is 3.10. The first-order valence-corrected chi connectivity index (χ1v) is 10.8. The Morgan fingerprint density at radius 2 is 1.96 bits per heavy atom. The van der Waals surface area contributed by atoms with Crippen LogP contribution in [0.1, 0.15) is 5.56 Å². The van der Waals surface area contributed by atoms with E-state index in [1.54, 1.807) is 12.1 Å². The number of nitrogens with zero attached hydrogens (tertiary/aromatic N) is 4. The van der Waals surface area contributed by atoms with Gasteiger partial charge in [0.05, 0.1) is 16.3 Å². The summed E-state index contributed by atoms with van der Waals surface area (Å²) in [4.78, 5) is 12.2. The van der Waals surface area contributed by atoms with Crippen molar-refractivity contribution in [3.05, 3.63) is 53.1 Å². The van der Waals surface area contributed by atoms with Crippen LogP contribution in [-0.2, 0) is 14.8 Å². The van der Waals surface area contributed by atoms with E-state index in [1.165, 1.54) is 28.9 Å². The first-order chi connectivity index (χ1) is 13.2. The van der Waals surface area contributed by atoms with E-state index in [9.17, 15) is 13.2 Å². The fourth-order valence-corrected chi connectivity index (χ4v) is 3.65. The van der Waals surface area contributed by atoms with Gasteiger partial charge in [-0.3, -0.25) is 4.79 Å². The Balaban J connectivity index is 1.66. The van der Waals surface area contributed by atoms with E-state index in [0.29, 0.717) is 15.9 Å². The van der Waals surface area contributed by atoms with Gasteiger partial charge in [-0.25, -0.2) is 13.6 Å². The fraction of sp³-hybridized carbons (Fsp3) is 0.125. The van der Waals surface area contributed by atoms with Crippen LogP contribution in [0.5, 0.6) is 0 Å². The number of primary sulfonamides is 1. The molecule has 0 unspecified atom stereocenters. The molecule has 0 aliphatic rings. The number of tetrazole rings is 1. The van der Waals surface area contributed by atoms with Gasteiger partial charge in [0, 0.05) is 10.7 Å². The van der Waals surface area contributed by atoms with Gasteiger partial charge in [-0.15, -0.1) is 5.10 Å². The van der Waals surface area contributed by atoms with Crippen molar-refractivity contribution < 1.29 is 13.2 Å². The lowest BCUT2D eigenvalue weighted by molar-refractivity contribution is -0.113. The van der Waals surface area contributed by atoms with Crippen LogP contribution < -0.4 is 10.5 Å². The van der Waals surface area contributed by atoms with Crippen molar-refractivity contribution in [1.29, 1.82) is 0 Å². The molecule has 1 aromatic heterocycles. The van der Waals surface area contributed by atoms with Crippen LogP contribution in [0.3, 0.4) is 0 Å². The van der Waals surface area contributed by atoms with Crippen LogP contribution >= 0.6 is 23.4 Å². The minimum atomic E-state index is -3.78. The van der Waals surface area contributed by atoms with Crippen molar-refractivity contribution in [2.75, 3.05) is 11.1 Å². The highest BCUT2D eigenvalue weighted by Gasteiger charge is 2.14. The maximum absolute atomic E-state index is 12.2. The summed E-state index contributed by atoms with van der Waals surface area (Å²) in [6.07, 6.45) is 0. The standard InChI is InChI=1S/C16H15ClN6O3S2/c1-10-2-3-11(17)8-14(10)23-16(20-21-22-23)27-9-15(24)19-12-4-6-13(7-5-12)28(18,25)26/h2-8H,9H2,1H3,(H,19,24)(H2,18,25,26). The zero-order valence-electron chi connectivity index (χ0n) is 14.5. The van der Waals surface area contributed by atoms with Crippen molar-refractivity contribution in [2.24, 2.45) is 5.14 Å². The van der Waals surface area contributed by atoms with Gasteiger partial charge in [0.25, 0.3) is 0 Å². The third kappa shape index (κ3) is 4.87. The van der Waals surface area contributed by atoms with Crippen LogP contribution in [0.4, 0.5) is 5.69 Å². The largest absolute Gasteiger partial charge is 0.325 e. The summed E-state index contributed by atoms with van der Waals surface area (Å²) in [6.45, 7) is 1.90. The Morgan fingerprint density at radius 1 is 1.25 bits per heavy atom. The number of anilines is 1. The van der Waals surface area contributed by atoms with Gasteiger partial charge in [-0.05, 0) is 59.3 Å². The Kier molecular flexibility index (Phi) is 5.98. The van der Waals surface area contributed by atoms with Crippen LogP contribution in [0.2, 0.25) is 5.02 Å². The molecule has 0 aliphatic heterocycles. The lowest BCUT2D eigenvalue weighted by Gasteiger charge is -2.08. The van der Waals surface area contributed by atoms with Crippen LogP contribution in [0.25, 0.3) is 5.69 Å². The van der Waals surface area contributed by atoms with Crippen molar-refractivity contribution in [3.8, 4) is 5.69 Å². The second-order valence-corrected chi connectivity index (χ2v) is 8.65. The highest BCUT2D eigenvalue weighted by atomic mass is 35.5. The van der Waals surface area contributed by atoms with Gasteiger partial charge >= 0.3 is 0 Å². The number of benzene rings is 2. The van der Waals surface area contributed by atoms with Crippen LogP contribution in [0.15, 0.2) is 52.5 Å². The molecule has 1 amide bonds. The molecule has 2 aromatic carbocycles. The Hall–Kier alpha value is -2.47. The second kappa shape index (κ2) is 8.27. The Bertz CT molecular complexity index is 1120. The number of nitrogens with two attached hydrogens (primary N) is 1. The summed E-state index contributed by atoms with van der Waals surface area (Å²) in [6, 6.07) is 10.9. The predicted molar refractivity (Wildman–Crippen MR) is 106 cm³/mol. The van der Waals surface area contributed by atoms with E-state index >= 15 is 0 Å². The number of hydrogen-bond acceptors (Lipinski definition) is 7.